The van der Waals surface area contributed by atoms with Crippen LogP contribution >= 0.6 is 11.3 Å². The molecule has 0 spiro atoms. The molecule has 0 aliphatic carbocycles. The van der Waals surface area contributed by atoms with Gasteiger partial charge in [0.05, 0.1) is 0 Å². The first-order chi connectivity index (χ1) is 8.08. The molecule has 2 aromatic rings. The van der Waals surface area contributed by atoms with E-state index in [2.05, 4.69) is 63.3 Å². The van der Waals surface area contributed by atoms with Gasteiger partial charge in [-0.3, -0.25) is 0 Å². The first-order valence-corrected chi connectivity index (χ1v) is 7.14. The quantitative estimate of drug-likeness (QED) is 0.833. The summed E-state index contributed by atoms with van der Waals surface area (Å²) in [6, 6.07) is 11.9. The van der Waals surface area contributed by atoms with Gasteiger partial charge in [-0.25, -0.2) is 0 Å². The largest absolute Gasteiger partial charge is 0.307 e. The molecule has 0 aliphatic rings. The lowest BCUT2D eigenvalue weighted by Gasteiger charge is -2.22. The Morgan fingerprint density at radius 2 is 1.76 bits per heavy atom. The summed E-state index contributed by atoms with van der Waals surface area (Å²) in [5.41, 5.74) is 0. The zero-order valence-electron chi connectivity index (χ0n) is 11.0. The van der Waals surface area contributed by atoms with Gasteiger partial charge in [0, 0.05) is 21.7 Å². The molecule has 2 atom stereocenters. The molecule has 0 saturated heterocycles. The molecule has 0 aliphatic heterocycles. The zero-order valence-corrected chi connectivity index (χ0v) is 11.8. The van der Waals surface area contributed by atoms with Crippen LogP contribution in [0.3, 0.4) is 0 Å². The second-order valence-corrected chi connectivity index (χ2v) is 6.22. The first kappa shape index (κ1) is 12.6. The minimum absolute atomic E-state index is 0.435. The minimum Gasteiger partial charge on any atom is -0.307 e. The van der Waals surface area contributed by atoms with Gasteiger partial charge in [0.15, 0.2) is 0 Å². The maximum Gasteiger partial charge on any atom is 0.0388 e. The summed E-state index contributed by atoms with van der Waals surface area (Å²) in [5.74, 6) is 0.673. The van der Waals surface area contributed by atoms with Crippen LogP contribution in [0.15, 0.2) is 30.3 Å². The van der Waals surface area contributed by atoms with E-state index in [-0.39, 0.29) is 0 Å². The Bertz CT molecular complexity index is 453. The third-order valence-corrected chi connectivity index (χ3v) is 4.68. The molecule has 17 heavy (non-hydrogen) atoms. The Morgan fingerprint density at radius 1 is 1.06 bits per heavy atom. The summed E-state index contributed by atoms with van der Waals surface area (Å²) >= 11 is 1.90. The van der Waals surface area contributed by atoms with Crippen LogP contribution < -0.4 is 5.32 Å². The van der Waals surface area contributed by atoms with E-state index in [0.29, 0.717) is 18.0 Å². The lowest BCUT2D eigenvalue weighted by molar-refractivity contribution is 0.391. The maximum absolute atomic E-state index is 3.67. The van der Waals surface area contributed by atoms with Gasteiger partial charge in [0.2, 0.25) is 0 Å². The number of hydrogen-bond donors (Lipinski definition) is 1. The van der Waals surface area contributed by atoms with Crippen molar-refractivity contribution in [1.29, 1.82) is 0 Å². The minimum atomic E-state index is 0.435. The lowest BCUT2D eigenvalue weighted by Crippen LogP contribution is -2.32. The Morgan fingerprint density at radius 3 is 2.41 bits per heavy atom. The number of nitrogens with one attached hydrogen (secondary N) is 1. The molecule has 2 heteroatoms. The fourth-order valence-electron chi connectivity index (χ4n) is 1.88. The van der Waals surface area contributed by atoms with Crippen molar-refractivity contribution in [3.8, 4) is 0 Å². The molecule has 0 fully saturated rings. The third kappa shape index (κ3) is 2.88. The van der Waals surface area contributed by atoms with Crippen molar-refractivity contribution in [2.24, 2.45) is 5.92 Å². The molecule has 0 radical (unpaired) electrons. The molecule has 1 aromatic carbocycles. The number of benzene rings is 1. The van der Waals surface area contributed by atoms with Crippen LogP contribution in [0.2, 0.25) is 0 Å². The van der Waals surface area contributed by atoms with E-state index in [1.807, 2.05) is 11.3 Å². The molecular weight excluding hydrogens is 226 g/mol. The highest BCUT2D eigenvalue weighted by atomic mass is 32.1. The predicted octanol–water partition coefficient (Wildman–Crippen LogP) is 4.60. The SMILES string of the molecule is CC(NC(C)C(C)C)c1cc2ccccc2s1. The molecule has 0 bridgehead atoms. The van der Waals surface area contributed by atoms with Gasteiger partial charge >= 0.3 is 0 Å². The van der Waals surface area contributed by atoms with Gasteiger partial charge in [0.25, 0.3) is 0 Å². The Hall–Kier alpha value is -0.860. The first-order valence-electron chi connectivity index (χ1n) is 6.32. The lowest BCUT2D eigenvalue weighted by atomic mass is 10.1. The molecule has 0 amide bonds. The fourth-order valence-corrected chi connectivity index (χ4v) is 2.96. The van der Waals surface area contributed by atoms with Crippen molar-refractivity contribution in [2.45, 2.75) is 39.8 Å². The van der Waals surface area contributed by atoms with Gasteiger partial charge in [0.1, 0.15) is 0 Å². The molecule has 92 valence electrons. The fraction of sp³-hybridized carbons (Fsp3) is 0.467. The van der Waals surface area contributed by atoms with Crippen LogP contribution in [0.1, 0.15) is 38.6 Å². The van der Waals surface area contributed by atoms with Gasteiger partial charge in [-0.05, 0) is 37.3 Å². The summed E-state index contributed by atoms with van der Waals surface area (Å²) in [5, 5.41) is 5.03. The van der Waals surface area contributed by atoms with E-state index in [1.165, 1.54) is 15.0 Å². The van der Waals surface area contributed by atoms with Crippen LogP contribution in [-0.2, 0) is 0 Å². The van der Waals surface area contributed by atoms with Gasteiger partial charge < -0.3 is 5.32 Å². The monoisotopic (exact) mass is 247 g/mol. The van der Waals surface area contributed by atoms with E-state index >= 15 is 0 Å². The van der Waals surface area contributed by atoms with Crippen LogP contribution in [0, 0.1) is 5.92 Å². The average molecular weight is 247 g/mol. The Labute approximate surface area is 108 Å². The molecule has 1 aromatic heterocycles. The standard InChI is InChI=1S/C15H21NS/c1-10(2)11(3)16-12(4)15-9-13-7-5-6-8-14(13)17-15/h5-12,16H,1-4H3. The van der Waals surface area contributed by atoms with E-state index in [4.69, 9.17) is 0 Å². The molecule has 2 rings (SSSR count). The van der Waals surface area contributed by atoms with Crippen molar-refractivity contribution in [3.05, 3.63) is 35.2 Å². The highest BCUT2D eigenvalue weighted by Gasteiger charge is 2.14. The molecule has 2 unspecified atom stereocenters. The topological polar surface area (TPSA) is 12.0 Å². The van der Waals surface area contributed by atoms with Crippen molar-refractivity contribution in [2.75, 3.05) is 0 Å². The average Bonchev–Trinajstić information content (AvgIpc) is 2.72. The van der Waals surface area contributed by atoms with E-state index < -0.39 is 0 Å². The summed E-state index contributed by atoms with van der Waals surface area (Å²) in [4.78, 5) is 1.43. The summed E-state index contributed by atoms with van der Waals surface area (Å²) in [7, 11) is 0. The highest BCUT2D eigenvalue weighted by molar-refractivity contribution is 7.19. The summed E-state index contributed by atoms with van der Waals surface area (Å²) < 4.78 is 1.38. The maximum atomic E-state index is 3.67. The second-order valence-electron chi connectivity index (χ2n) is 5.11. The molecule has 1 N–H and O–H groups in total. The van der Waals surface area contributed by atoms with Crippen LogP contribution in [-0.4, -0.2) is 6.04 Å². The third-order valence-electron chi connectivity index (χ3n) is 3.38. The smallest absolute Gasteiger partial charge is 0.0388 e. The van der Waals surface area contributed by atoms with Crippen LogP contribution in [0.5, 0.6) is 0 Å². The van der Waals surface area contributed by atoms with Gasteiger partial charge in [-0.2, -0.15) is 0 Å². The Kier molecular flexibility index (Phi) is 3.85. The number of rotatable bonds is 4. The molecule has 1 heterocycles. The number of hydrogen-bond acceptors (Lipinski definition) is 2. The molecule has 0 saturated carbocycles. The van der Waals surface area contributed by atoms with Gasteiger partial charge in [-0.15, -0.1) is 11.3 Å². The van der Waals surface area contributed by atoms with Gasteiger partial charge in [-0.1, -0.05) is 32.0 Å². The van der Waals surface area contributed by atoms with E-state index in [9.17, 15) is 0 Å². The van der Waals surface area contributed by atoms with Crippen molar-refractivity contribution in [1.82, 2.24) is 5.32 Å². The van der Waals surface area contributed by atoms with E-state index in [1.54, 1.807) is 0 Å². The predicted molar refractivity (Wildman–Crippen MR) is 77.7 cm³/mol. The normalized spacial score (nSPS) is 15.4. The Balaban J connectivity index is 2.16. The van der Waals surface area contributed by atoms with Crippen LogP contribution in [0.25, 0.3) is 10.1 Å². The number of thiophene rings is 1. The second kappa shape index (κ2) is 5.19. The number of fused-ring (bicyclic) bond motifs is 1. The summed E-state index contributed by atoms with van der Waals surface area (Å²) in [6.45, 7) is 9.03. The van der Waals surface area contributed by atoms with Crippen LogP contribution in [0.4, 0.5) is 0 Å². The van der Waals surface area contributed by atoms with Crippen molar-refractivity contribution >= 4 is 21.4 Å². The molecular formula is C15H21NS. The zero-order chi connectivity index (χ0) is 12.4. The van der Waals surface area contributed by atoms with Crippen molar-refractivity contribution < 1.29 is 0 Å². The van der Waals surface area contributed by atoms with E-state index in [0.717, 1.165) is 0 Å². The summed E-state index contributed by atoms with van der Waals surface area (Å²) in [6.07, 6.45) is 0. The highest BCUT2D eigenvalue weighted by Crippen LogP contribution is 2.30. The van der Waals surface area contributed by atoms with Crippen molar-refractivity contribution in [3.63, 3.8) is 0 Å². The molecule has 1 nitrogen and oxygen atoms in total.